The summed E-state index contributed by atoms with van der Waals surface area (Å²) in [5.41, 5.74) is 3.75. The molecule has 1 saturated heterocycles. The van der Waals surface area contributed by atoms with Gasteiger partial charge in [-0.2, -0.15) is 0 Å². The summed E-state index contributed by atoms with van der Waals surface area (Å²) in [5.74, 6) is 0.841. The van der Waals surface area contributed by atoms with E-state index < -0.39 is 0 Å². The van der Waals surface area contributed by atoms with Crippen molar-refractivity contribution in [1.29, 1.82) is 0 Å². The number of para-hydroxylation sites is 1. The summed E-state index contributed by atoms with van der Waals surface area (Å²) in [6.45, 7) is 0. The van der Waals surface area contributed by atoms with E-state index in [1.807, 2.05) is 18.2 Å². The molecule has 3 aromatic carbocycles. The summed E-state index contributed by atoms with van der Waals surface area (Å²) in [6.07, 6.45) is 1.49. The summed E-state index contributed by atoms with van der Waals surface area (Å²) in [5, 5.41) is 2.62. The van der Waals surface area contributed by atoms with Gasteiger partial charge in [0.05, 0.1) is 12.3 Å². The van der Waals surface area contributed by atoms with Gasteiger partial charge in [-0.3, -0.25) is 0 Å². The number of benzene rings is 3. The lowest BCUT2D eigenvalue weighted by Crippen LogP contribution is -2.26. The zero-order chi connectivity index (χ0) is 17.1. The molecule has 0 spiro atoms. The topological polar surface area (TPSA) is 25.6 Å². The lowest BCUT2D eigenvalue weighted by atomic mass is 10.0. The molecule has 0 unspecified atom stereocenters. The Morgan fingerprint density at radius 3 is 2.31 bits per heavy atom. The van der Waals surface area contributed by atoms with Crippen LogP contribution in [0.5, 0.6) is 0 Å². The highest BCUT2D eigenvalue weighted by atomic mass is 16.5. The average molecular weight is 339 g/mol. The van der Waals surface area contributed by atoms with E-state index in [2.05, 4.69) is 65.6 Å². The highest BCUT2D eigenvalue weighted by Crippen LogP contribution is 2.58. The largest absolute Gasteiger partial charge is 0.465 e. The lowest BCUT2D eigenvalue weighted by Gasteiger charge is -2.29. The van der Waals surface area contributed by atoms with Gasteiger partial charge in [0.2, 0.25) is 0 Å². The zero-order valence-corrected chi connectivity index (χ0v) is 14.1. The van der Waals surface area contributed by atoms with Crippen LogP contribution in [-0.4, -0.2) is 0 Å². The van der Waals surface area contributed by atoms with Crippen LogP contribution in [0.2, 0.25) is 0 Å². The van der Waals surface area contributed by atoms with Crippen molar-refractivity contribution in [3.8, 4) is 0 Å². The van der Waals surface area contributed by atoms with Crippen LogP contribution in [0.4, 0.5) is 5.69 Å². The summed E-state index contributed by atoms with van der Waals surface area (Å²) in [7, 11) is 0. The van der Waals surface area contributed by atoms with Crippen LogP contribution in [0.3, 0.4) is 0 Å². The molecular formula is C23H17NO2. The molecule has 0 saturated carbocycles. The molecule has 3 atom stereocenters. The number of rotatable bonds is 2. The molecule has 1 aromatic heterocycles. The Balaban J connectivity index is 1.59. The van der Waals surface area contributed by atoms with E-state index in [1.165, 1.54) is 21.9 Å². The van der Waals surface area contributed by atoms with Crippen LogP contribution in [0, 0.1) is 0 Å². The van der Waals surface area contributed by atoms with E-state index in [9.17, 15) is 0 Å². The van der Waals surface area contributed by atoms with Crippen LogP contribution in [0.15, 0.2) is 89.5 Å². The number of nitrogens with zero attached hydrogens (tertiary/aromatic N) is 1. The van der Waals surface area contributed by atoms with Gasteiger partial charge in [-0.05, 0) is 46.2 Å². The van der Waals surface area contributed by atoms with Crippen LogP contribution in [0.1, 0.15) is 35.3 Å². The first-order valence-electron chi connectivity index (χ1n) is 8.95. The second kappa shape index (κ2) is 5.23. The predicted octanol–water partition coefficient (Wildman–Crippen LogP) is 5.76. The van der Waals surface area contributed by atoms with Gasteiger partial charge in [-0.15, -0.1) is 0 Å². The van der Waals surface area contributed by atoms with Crippen LogP contribution in [-0.2, 0) is 4.74 Å². The minimum atomic E-state index is -0.231. The molecule has 3 nitrogen and oxygen atoms in total. The van der Waals surface area contributed by atoms with Crippen LogP contribution in [0.25, 0.3) is 10.8 Å². The van der Waals surface area contributed by atoms with Crippen molar-refractivity contribution in [2.24, 2.45) is 0 Å². The number of hydrogen-bond acceptors (Lipinski definition) is 3. The van der Waals surface area contributed by atoms with Gasteiger partial charge in [0.25, 0.3) is 0 Å². The molecule has 3 heteroatoms. The van der Waals surface area contributed by atoms with Gasteiger partial charge in [-0.25, -0.2) is 0 Å². The van der Waals surface area contributed by atoms with E-state index in [-0.39, 0.29) is 18.4 Å². The molecular weight excluding hydrogens is 322 g/mol. The third kappa shape index (κ3) is 1.81. The molecule has 26 heavy (non-hydrogen) atoms. The first-order valence-corrected chi connectivity index (χ1v) is 8.95. The van der Waals surface area contributed by atoms with Crippen molar-refractivity contribution in [2.45, 2.75) is 18.4 Å². The molecule has 1 fully saturated rings. The highest BCUT2D eigenvalue weighted by molar-refractivity contribution is 5.92. The molecule has 2 aliphatic rings. The second-order valence-corrected chi connectivity index (χ2v) is 6.90. The molecule has 0 radical (unpaired) electrons. The van der Waals surface area contributed by atoms with E-state index in [4.69, 9.17) is 9.15 Å². The Morgan fingerprint density at radius 2 is 1.54 bits per heavy atom. The van der Waals surface area contributed by atoms with Crippen LogP contribution >= 0.6 is 0 Å². The fourth-order valence-corrected chi connectivity index (χ4v) is 4.54. The number of hydrogen-bond donors (Lipinski definition) is 0. The van der Waals surface area contributed by atoms with Crippen molar-refractivity contribution in [3.05, 3.63) is 102 Å². The predicted molar refractivity (Wildman–Crippen MR) is 101 cm³/mol. The average Bonchev–Trinajstić information content (AvgIpc) is 3.40. The van der Waals surface area contributed by atoms with E-state index in [1.54, 1.807) is 6.26 Å². The summed E-state index contributed by atoms with van der Waals surface area (Å²) in [6, 6.07) is 27.6. The zero-order valence-electron chi connectivity index (χ0n) is 14.1. The van der Waals surface area contributed by atoms with Crippen molar-refractivity contribution in [2.75, 3.05) is 4.90 Å². The van der Waals surface area contributed by atoms with Gasteiger partial charge in [0.1, 0.15) is 6.10 Å². The van der Waals surface area contributed by atoms with Gasteiger partial charge in [0, 0.05) is 5.69 Å². The molecule has 0 N–H and O–H groups in total. The number of anilines is 1. The Labute approximate surface area is 151 Å². The fraction of sp³-hybridized carbons (Fsp3) is 0.130. The van der Waals surface area contributed by atoms with Gasteiger partial charge < -0.3 is 14.1 Å². The van der Waals surface area contributed by atoms with Crippen LogP contribution < -0.4 is 4.90 Å². The lowest BCUT2D eigenvalue weighted by molar-refractivity contribution is 0.0312. The molecule has 0 bridgehead atoms. The maximum atomic E-state index is 6.60. The summed E-state index contributed by atoms with van der Waals surface area (Å²) >= 11 is 0. The van der Waals surface area contributed by atoms with Crippen molar-refractivity contribution >= 4 is 16.5 Å². The first kappa shape index (κ1) is 14.2. The number of furan rings is 1. The van der Waals surface area contributed by atoms with Gasteiger partial charge >= 0.3 is 0 Å². The molecule has 0 amide bonds. The van der Waals surface area contributed by atoms with E-state index in [0.29, 0.717) is 0 Å². The minimum Gasteiger partial charge on any atom is -0.465 e. The first-order chi connectivity index (χ1) is 12.9. The Hall–Kier alpha value is -3.04. The SMILES string of the molecule is c1ccc(N2[C@H](c3ccco3)O[C@H]3c4cccc5cccc(c45)[C@@H]32)cc1. The molecule has 126 valence electrons. The minimum absolute atomic E-state index is 0.00593. The Bertz CT molecular complexity index is 1080. The normalized spacial score (nSPS) is 23.5. The van der Waals surface area contributed by atoms with Crippen molar-refractivity contribution in [1.82, 2.24) is 0 Å². The molecule has 1 aliphatic heterocycles. The van der Waals surface area contributed by atoms with E-state index >= 15 is 0 Å². The smallest absolute Gasteiger partial charge is 0.190 e. The summed E-state index contributed by atoms with van der Waals surface area (Å²) in [4.78, 5) is 2.36. The second-order valence-electron chi connectivity index (χ2n) is 6.90. The third-order valence-electron chi connectivity index (χ3n) is 5.55. The summed E-state index contributed by atoms with van der Waals surface area (Å²) < 4.78 is 12.3. The molecule has 6 rings (SSSR count). The fourth-order valence-electron chi connectivity index (χ4n) is 4.54. The molecule has 1 aliphatic carbocycles. The van der Waals surface area contributed by atoms with Crippen molar-refractivity contribution < 1.29 is 9.15 Å². The third-order valence-corrected chi connectivity index (χ3v) is 5.55. The van der Waals surface area contributed by atoms with E-state index in [0.717, 1.165) is 11.4 Å². The molecule has 4 aromatic rings. The highest BCUT2D eigenvalue weighted by Gasteiger charge is 2.50. The maximum Gasteiger partial charge on any atom is 0.190 e. The Morgan fingerprint density at radius 1 is 0.731 bits per heavy atom. The Kier molecular flexibility index (Phi) is 2.85. The number of ether oxygens (including phenoxy) is 1. The van der Waals surface area contributed by atoms with Crippen molar-refractivity contribution in [3.63, 3.8) is 0 Å². The quantitative estimate of drug-likeness (QED) is 0.464. The maximum absolute atomic E-state index is 6.60. The van der Waals surface area contributed by atoms with Gasteiger partial charge in [-0.1, -0.05) is 54.6 Å². The standard InChI is InChI=1S/C23H17NO2/c1-2-9-16(10-3-1)24-21-17-11-4-7-15-8-5-12-18(20(15)17)22(21)26-23(24)19-13-6-14-25-19/h1-14,21-23H/t21-,22-,23-/m0/s1. The monoisotopic (exact) mass is 339 g/mol. The van der Waals surface area contributed by atoms with Gasteiger partial charge in [0.15, 0.2) is 12.0 Å². The molecule has 2 heterocycles. The number of fused-ring (bicyclic) bond motifs is 3.